The minimum absolute atomic E-state index is 0.0239. The topological polar surface area (TPSA) is 65.1 Å². The highest BCUT2D eigenvalue weighted by Crippen LogP contribution is 2.47. The molecule has 0 aromatic heterocycles. The Morgan fingerprint density at radius 2 is 1.60 bits per heavy atom. The average Bonchev–Trinajstić information content (AvgIpc) is 3.18. The van der Waals surface area contributed by atoms with Crippen molar-refractivity contribution >= 4 is 19.8 Å². The molecule has 2 aliphatic rings. The maximum absolute atomic E-state index is 13.1. The molecule has 0 radical (unpaired) electrons. The van der Waals surface area contributed by atoms with E-state index in [1.54, 1.807) is 0 Å². The van der Waals surface area contributed by atoms with Crippen molar-refractivity contribution in [3.8, 4) is 0 Å². The van der Waals surface area contributed by atoms with E-state index in [9.17, 15) is 9.59 Å². The molecule has 0 amide bonds. The maximum Gasteiger partial charge on any atom is 0.313 e. The van der Waals surface area contributed by atoms with E-state index >= 15 is 0 Å². The standard InChI is InChI=1S/C23H26BNO5/c1-25-15-23(12-18(26)28-13-16-8-4-2-5-9-16)19(20(25)21(24)30-23)22(27)29-14-17-10-6-3-7-11-17/h2-11,19-21H,12-15,24H2,1H3/t19?,20?,21-,23+/m1/s1. The van der Waals surface area contributed by atoms with E-state index in [1.807, 2.05) is 75.6 Å². The van der Waals surface area contributed by atoms with E-state index in [0.29, 0.717) is 6.54 Å². The second kappa shape index (κ2) is 8.62. The molecule has 2 heterocycles. The lowest BCUT2D eigenvalue weighted by atomic mass is 9.82. The molecule has 6 nitrogen and oxygen atoms in total. The van der Waals surface area contributed by atoms with Crippen LogP contribution in [0.1, 0.15) is 17.5 Å². The number of fused-ring (bicyclic) bond motifs is 2. The van der Waals surface area contributed by atoms with Gasteiger partial charge in [-0.3, -0.25) is 14.5 Å². The normalized spacial score (nSPS) is 27.7. The summed E-state index contributed by atoms with van der Waals surface area (Å²) in [5.74, 6) is -1.22. The quantitative estimate of drug-likeness (QED) is 0.513. The summed E-state index contributed by atoms with van der Waals surface area (Å²) in [5, 5.41) is 0. The smallest absolute Gasteiger partial charge is 0.313 e. The number of rotatable bonds is 7. The fourth-order valence-corrected chi connectivity index (χ4v) is 4.79. The molecule has 2 aromatic carbocycles. The highest BCUT2D eigenvalue weighted by atomic mass is 16.6. The van der Waals surface area contributed by atoms with Gasteiger partial charge in [-0.2, -0.15) is 0 Å². The number of likely N-dealkylation sites (tertiary alicyclic amines) is 1. The van der Waals surface area contributed by atoms with Gasteiger partial charge in [0.2, 0.25) is 0 Å². The SMILES string of the molecule is B[C@@H]1O[C@@]2(CC(=O)OCc3ccccc3)CN(C)C1C2C(=O)OCc1ccccc1. The Labute approximate surface area is 177 Å². The predicted octanol–water partition coefficient (Wildman–Crippen LogP) is 1.52. The van der Waals surface area contributed by atoms with Crippen LogP contribution in [-0.4, -0.2) is 55.9 Å². The van der Waals surface area contributed by atoms with Gasteiger partial charge < -0.3 is 14.2 Å². The minimum Gasteiger partial charge on any atom is -0.461 e. The summed E-state index contributed by atoms with van der Waals surface area (Å²) in [4.78, 5) is 27.8. The fourth-order valence-electron chi connectivity index (χ4n) is 4.79. The first-order valence-electron chi connectivity index (χ1n) is 10.3. The molecule has 4 rings (SSSR count). The van der Waals surface area contributed by atoms with E-state index in [2.05, 4.69) is 4.90 Å². The molecule has 2 saturated heterocycles. The Hall–Kier alpha value is -2.64. The largest absolute Gasteiger partial charge is 0.461 e. The summed E-state index contributed by atoms with van der Waals surface area (Å²) >= 11 is 0. The zero-order valence-electron chi connectivity index (χ0n) is 17.3. The van der Waals surface area contributed by atoms with Crippen LogP contribution in [0, 0.1) is 5.92 Å². The molecule has 156 valence electrons. The van der Waals surface area contributed by atoms with Crippen molar-refractivity contribution in [3.05, 3.63) is 71.8 Å². The molecule has 2 fully saturated rings. The zero-order chi connectivity index (χ0) is 21.1. The van der Waals surface area contributed by atoms with Crippen molar-refractivity contribution in [2.45, 2.75) is 37.3 Å². The van der Waals surface area contributed by atoms with E-state index in [0.717, 1.165) is 11.1 Å². The van der Waals surface area contributed by atoms with Crippen LogP contribution in [0.3, 0.4) is 0 Å². The summed E-state index contributed by atoms with van der Waals surface area (Å²) in [6.07, 6.45) is 0.0239. The van der Waals surface area contributed by atoms with Gasteiger partial charge in [0.15, 0.2) is 0 Å². The van der Waals surface area contributed by atoms with Crippen molar-refractivity contribution in [1.82, 2.24) is 4.90 Å². The third kappa shape index (κ3) is 4.13. The number of ether oxygens (including phenoxy) is 3. The number of carbonyl (C=O) groups excluding carboxylic acids is 2. The van der Waals surface area contributed by atoms with Crippen LogP contribution in [0.5, 0.6) is 0 Å². The first-order chi connectivity index (χ1) is 14.5. The molecule has 0 aliphatic carbocycles. The number of morpholine rings is 1. The van der Waals surface area contributed by atoms with Crippen LogP contribution in [0.25, 0.3) is 0 Å². The molecule has 7 heteroatoms. The molecule has 0 saturated carbocycles. The van der Waals surface area contributed by atoms with Gasteiger partial charge in [0.1, 0.15) is 32.6 Å². The Balaban J connectivity index is 1.43. The van der Waals surface area contributed by atoms with Gasteiger partial charge in [0.05, 0.1) is 6.42 Å². The second-order valence-electron chi connectivity index (χ2n) is 8.19. The molecule has 2 unspecified atom stereocenters. The van der Waals surface area contributed by atoms with Crippen LogP contribution in [0.2, 0.25) is 0 Å². The lowest BCUT2D eigenvalue weighted by Crippen LogP contribution is -2.47. The predicted molar refractivity (Wildman–Crippen MR) is 113 cm³/mol. The van der Waals surface area contributed by atoms with Gasteiger partial charge in [-0.15, -0.1) is 0 Å². The van der Waals surface area contributed by atoms with Crippen molar-refractivity contribution < 1.29 is 23.8 Å². The molecule has 2 bridgehead atoms. The van der Waals surface area contributed by atoms with Crippen molar-refractivity contribution in [1.29, 1.82) is 0 Å². The summed E-state index contributed by atoms with van der Waals surface area (Å²) in [6.45, 7) is 0.900. The first kappa shape index (κ1) is 20.6. The van der Waals surface area contributed by atoms with Gasteiger partial charge in [-0.25, -0.2) is 0 Å². The van der Waals surface area contributed by atoms with Crippen LogP contribution < -0.4 is 0 Å². The lowest BCUT2D eigenvalue weighted by molar-refractivity contribution is -0.161. The van der Waals surface area contributed by atoms with Crippen LogP contribution in [0.4, 0.5) is 0 Å². The van der Waals surface area contributed by atoms with Crippen molar-refractivity contribution in [3.63, 3.8) is 0 Å². The average molecular weight is 407 g/mol. The molecule has 4 atom stereocenters. The number of carbonyl (C=O) groups is 2. The lowest BCUT2D eigenvalue weighted by Gasteiger charge is -2.33. The number of benzene rings is 2. The number of esters is 2. The highest BCUT2D eigenvalue weighted by Gasteiger charge is 2.65. The Morgan fingerprint density at radius 3 is 2.17 bits per heavy atom. The molecular weight excluding hydrogens is 381 g/mol. The third-order valence-electron chi connectivity index (χ3n) is 6.00. The number of hydrogen-bond donors (Lipinski definition) is 0. The Morgan fingerprint density at radius 1 is 1.03 bits per heavy atom. The van der Waals surface area contributed by atoms with Crippen molar-refractivity contribution in [2.75, 3.05) is 13.6 Å². The van der Waals surface area contributed by atoms with E-state index < -0.39 is 11.5 Å². The summed E-state index contributed by atoms with van der Waals surface area (Å²) in [5.41, 5.74) is 0.930. The zero-order valence-corrected chi connectivity index (χ0v) is 17.3. The summed E-state index contributed by atoms with van der Waals surface area (Å²) < 4.78 is 17.3. The molecule has 30 heavy (non-hydrogen) atoms. The van der Waals surface area contributed by atoms with Gasteiger partial charge in [-0.05, 0) is 18.2 Å². The molecular formula is C23H26BNO5. The number of nitrogens with zero attached hydrogens (tertiary/aromatic N) is 1. The molecule has 2 aliphatic heterocycles. The fraction of sp³-hybridized carbons (Fsp3) is 0.391. The van der Waals surface area contributed by atoms with Crippen LogP contribution in [-0.2, 0) is 37.0 Å². The maximum atomic E-state index is 13.1. The Bertz CT molecular complexity index is 879. The third-order valence-corrected chi connectivity index (χ3v) is 6.00. The van der Waals surface area contributed by atoms with Crippen LogP contribution in [0.15, 0.2) is 60.7 Å². The molecule has 0 N–H and O–H groups in total. The van der Waals surface area contributed by atoms with E-state index in [1.165, 1.54) is 0 Å². The number of hydrogen-bond acceptors (Lipinski definition) is 6. The highest BCUT2D eigenvalue weighted by molar-refractivity contribution is 6.12. The van der Waals surface area contributed by atoms with Gasteiger partial charge in [0, 0.05) is 18.6 Å². The van der Waals surface area contributed by atoms with Crippen LogP contribution >= 0.6 is 0 Å². The van der Waals surface area contributed by atoms with Gasteiger partial charge in [-0.1, -0.05) is 60.7 Å². The van der Waals surface area contributed by atoms with E-state index in [4.69, 9.17) is 14.2 Å². The molecule has 0 spiro atoms. The second-order valence-corrected chi connectivity index (χ2v) is 8.19. The number of likely N-dealkylation sites (N-methyl/N-ethyl adjacent to an activating group) is 1. The monoisotopic (exact) mass is 407 g/mol. The van der Waals surface area contributed by atoms with Crippen molar-refractivity contribution in [2.24, 2.45) is 5.92 Å². The Kier molecular flexibility index (Phi) is 5.93. The van der Waals surface area contributed by atoms with E-state index in [-0.39, 0.29) is 43.6 Å². The minimum atomic E-state index is -0.916. The summed E-state index contributed by atoms with van der Waals surface area (Å²) in [6, 6.07) is 18.8. The summed E-state index contributed by atoms with van der Waals surface area (Å²) in [7, 11) is 3.90. The van der Waals surface area contributed by atoms with Gasteiger partial charge in [0.25, 0.3) is 0 Å². The molecule has 2 aromatic rings. The first-order valence-corrected chi connectivity index (χ1v) is 10.3. The van der Waals surface area contributed by atoms with Gasteiger partial charge >= 0.3 is 11.9 Å².